The fourth-order valence-corrected chi connectivity index (χ4v) is 1.72. The Morgan fingerprint density at radius 3 is 2.58 bits per heavy atom. The summed E-state index contributed by atoms with van der Waals surface area (Å²) in [6.07, 6.45) is 4.21. The number of rotatable bonds is 10. The highest BCUT2D eigenvalue weighted by atomic mass is 16.5. The molecule has 0 spiro atoms. The molecular weight excluding hydrogens is 242 g/mol. The third kappa shape index (κ3) is 7.70. The lowest BCUT2D eigenvalue weighted by Crippen LogP contribution is -2.25. The molecule has 4 heteroatoms. The number of ether oxygens (including phenoxy) is 1. The summed E-state index contributed by atoms with van der Waals surface area (Å²) >= 11 is 0. The van der Waals surface area contributed by atoms with E-state index < -0.39 is 6.10 Å². The van der Waals surface area contributed by atoms with Crippen LogP contribution in [0.4, 0.5) is 5.69 Å². The Morgan fingerprint density at radius 2 is 1.89 bits per heavy atom. The molecule has 0 aliphatic carbocycles. The molecule has 0 bridgehead atoms. The lowest BCUT2D eigenvalue weighted by Gasteiger charge is -2.13. The van der Waals surface area contributed by atoms with Crippen LogP contribution in [-0.2, 0) is 4.74 Å². The molecule has 4 nitrogen and oxygen atoms in total. The lowest BCUT2D eigenvalue weighted by molar-refractivity contribution is 0.0417. The van der Waals surface area contributed by atoms with E-state index >= 15 is 0 Å². The molecule has 0 saturated carbocycles. The number of aliphatic hydroxyl groups excluding tert-OH is 1. The molecule has 0 aliphatic heterocycles. The van der Waals surface area contributed by atoms with E-state index in [9.17, 15) is 5.11 Å². The van der Waals surface area contributed by atoms with Gasteiger partial charge in [-0.05, 0) is 30.7 Å². The van der Waals surface area contributed by atoms with Crippen LogP contribution in [-0.4, -0.2) is 36.1 Å². The maximum absolute atomic E-state index is 9.73. The number of phenolic OH excluding ortho intramolecular Hbond substituents is 1. The average Bonchev–Trinajstić information content (AvgIpc) is 2.42. The predicted molar refractivity (Wildman–Crippen MR) is 77.6 cm³/mol. The van der Waals surface area contributed by atoms with Gasteiger partial charge in [0.15, 0.2) is 0 Å². The summed E-state index contributed by atoms with van der Waals surface area (Å²) in [5.74, 6) is 0.238. The first-order valence-corrected chi connectivity index (χ1v) is 7.01. The van der Waals surface area contributed by atoms with Gasteiger partial charge < -0.3 is 20.3 Å². The molecule has 3 N–H and O–H groups in total. The summed E-state index contributed by atoms with van der Waals surface area (Å²) in [6, 6.07) is 6.76. The summed E-state index contributed by atoms with van der Waals surface area (Å²) in [5, 5.41) is 22.0. The molecular formula is C15H25NO3. The molecule has 1 aromatic carbocycles. The van der Waals surface area contributed by atoms with Crippen LogP contribution in [0.3, 0.4) is 0 Å². The van der Waals surface area contributed by atoms with Gasteiger partial charge >= 0.3 is 0 Å². The van der Waals surface area contributed by atoms with Crippen molar-refractivity contribution in [2.75, 3.05) is 25.1 Å². The number of phenols is 1. The van der Waals surface area contributed by atoms with Crippen LogP contribution < -0.4 is 5.32 Å². The maximum Gasteiger partial charge on any atom is 0.115 e. The highest BCUT2D eigenvalue weighted by Crippen LogP contribution is 2.13. The number of nitrogens with one attached hydrogen (secondary N) is 1. The van der Waals surface area contributed by atoms with Crippen LogP contribution in [0.5, 0.6) is 5.75 Å². The first-order chi connectivity index (χ1) is 9.22. The van der Waals surface area contributed by atoms with Crippen molar-refractivity contribution in [3.8, 4) is 5.75 Å². The SMILES string of the molecule is CCCCCCOCC(O)CNc1ccc(O)cc1. The molecule has 0 saturated heterocycles. The first kappa shape index (κ1) is 15.8. The van der Waals surface area contributed by atoms with E-state index in [0.717, 1.165) is 18.7 Å². The second-order valence-corrected chi connectivity index (χ2v) is 4.72. The molecule has 0 radical (unpaired) electrons. The number of unbranched alkanes of at least 4 members (excludes halogenated alkanes) is 3. The predicted octanol–water partition coefficient (Wildman–Crippen LogP) is 2.76. The minimum Gasteiger partial charge on any atom is -0.508 e. The van der Waals surface area contributed by atoms with Crippen LogP contribution in [0.25, 0.3) is 0 Å². The number of benzene rings is 1. The summed E-state index contributed by atoms with van der Waals surface area (Å²) < 4.78 is 5.42. The molecule has 108 valence electrons. The molecule has 1 unspecified atom stereocenters. The van der Waals surface area contributed by atoms with Crippen molar-refractivity contribution in [3.05, 3.63) is 24.3 Å². The van der Waals surface area contributed by atoms with E-state index in [4.69, 9.17) is 9.84 Å². The number of hydrogen-bond acceptors (Lipinski definition) is 4. The quantitative estimate of drug-likeness (QED) is 0.450. The van der Waals surface area contributed by atoms with Crippen LogP contribution in [0.1, 0.15) is 32.6 Å². The van der Waals surface area contributed by atoms with Gasteiger partial charge in [-0.2, -0.15) is 0 Å². The average molecular weight is 267 g/mol. The zero-order valence-corrected chi connectivity index (χ0v) is 11.6. The van der Waals surface area contributed by atoms with Gasteiger partial charge in [-0.25, -0.2) is 0 Å². The molecule has 1 rings (SSSR count). The summed E-state index contributed by atoms with van der Waals surface area (Å²) in [6.45, 7) is 3.70. The van der Waals surface area contributed by atoms with E-state index in [1.54, 1.807) is 24.3 Å². The maximum atomic E-state index is 9.73. The first-order valence-electron chi connectivity index (χ1n) is 7.01. The Labute approximate surface area is 115 Å². The Morgan fingerprint density at radius 1 is 1.16 bits per heavy atom. The van der Waals surface area contributed by atoms with Crippen molar-refractivity contribution in [2.24, 2.45) is 0 Å². The normalized spacial score (nSPS) is 12.3. The van der Waals surface area contributed by atoms with Gasteiger partial charge in [-0.15, -0.1) is 0 Å². The van der Waals surface area contributed by atoms with Crippen molar-refractivity contribution in [1.82, 2.24) is 0 Å². The van der Waals surface area contributed by atoms with Crippen molar-refractivity contribution >= 4 is 5.69 Å². The standard InChI is InChI=1S/C15H25NO3/c1-2-3-4-5-10-19-12-15(18)11-16-13-6-8-14(17)9-7-13/h6-9,15-18H,2-5,10-12H2,1H3. The van der Waals surface area contributed by atoms with Crippen molar-refractivity contribution < 1.29 is 14.9 Å². The number of aliphatic hydroxyl groups is 1. The monoisotopic (exact) mass is 267 g/mol. The molecule has 1 aromatic rings. The fourth-order valence-electron chi connectivity index (χ4n) is 1.72. The van der Waals surface area contributed by atoms with Crippen molar-refractivity contribution in [1.29, 1.82) is 0 Å². The number of aromatic hydroxyl groups is 1. The Kier molecular flexibility index (Phi) is 8.02. The summed E-state index contributed by atoms with van der Waals surface area (Å²) in [5.41, 5.74) is 0.875. The molecule has 0 heterocycles. The minimum absolute atomic E-state index is 0.238. The molecule has 19 heavy (non-hydrogen) atoms. The Balaban J connectivity index is 2.04. The van der Waals surface area contributed by atoms with Gasteiger partial charge in [0.2, 0.25) is 0 Å². The van der Waals surface area contributed by atoms with Gasteiger partial charge in [0.05, 0.1) is 12.7 Å². The topological polar surface area (TPSA) is 61.7 Å². The zero-order valence-electron chi connectivity index (χ0n) is 11.6. The zero-order chi connectivity index (χ0) is 13.9. The largest absolute Gasteiger partial charge is 0.508 e. The number of hydrogen-bond donors (Lipinski definition) is 3. The van der Waals surface area contributed by atoms with Crippen molar-refractivity contribution in [2.45, 2.75) is 38.7 Å². The van der Waals surface area contributed by atoms with Crippen molar-refractivity contribution in [3.63, 3.8) is 0 Å². The highest BCUT2D eigenvalue weighted by Gasteiger charge is 2.04. The van der Waals surface area contributed by atoms with E-state index in [1.165, 1.54) is 19.3 Å². The molecule has 0 amide bonds. The van der Waals surface area contributed by atoms with E-state index in [1.807, 2.05) is 0 Å². The third-order valence-electron chi connectivity index (χ3n) is 2.86. The van der Waals surface area contributed by atoms with Crippen LogP contribution >= 0.6 is 0 Å². The van der Waals surface area contributed by atoms with E-state index in [-0.39, 0.29) is 5.75 Å². The third-order valence-corrected chi connectivity index (χ3v) is 2.86. The van der Waals surface area contributed by atoms with E-state index in [2.05, 4.69) is 12.2 Å². The van der Waals surface area contributed by atoms with E-state index in [0.29, 0.717) is 13.2 Å². The van der Waals surface area contributed by atoms with Crippen LogP contribution in [0, 0.1) is 0 Å². The Bertz CT molecular complexity index is 327. The second-order valence-electron chi connectivity index (χ2n) is 4.72. The van der Waals surface area contributed by atoms with Gasteiger partial charge in [0.1, 0.15) is 5.75 Å². The van der Waals surface area contributed by atoms with Gasteiger partial charge in [-0.1, -0.05) is 26.2 Å². The second kappa shape index (κ2) is 9.64. The molecule has 0 aliphatic rings. The minimum atomic E-state index is -0.514. The fraction of sp³-hybridized carbons (Fsp3) is 0.600. The Hall–Kier alpha value is -1.26. The van der Waals surface area contributed by atoms with Crippen LogP contribution in [0.2, 0.25) is 0 Å². The van der Waals surface area contributed by atoms with Gasteiger partial charge in [0.25, 0.3) is 0 Å². The van der Waals surface area contributed by atoms with Gasteiger partial charge in [-0.3, -0.25) is 0 Å². The van der Waals surface area contributed by atoms with Crippen LogP contribution in [0.15, 0.2) is 24.3 Å². The molecule has 1 atom stereocenters. The molecule has 0 aromatic heterocycles. The smallest absolute Gasteiger partial charge is 0.115 e. The summed E-state index contributed by atoms with van der Waals surface area (Å²) in [7, 11) is 0. The number of anilines is 1. The lowest BCUT2D eigenvalue weighted by atomic mass is 10.2. The molecule has 0 fully saturated rings. The van der Waals surface area contributed by atoms with Gasteiger partial charge in [0, 0.05) is 18.8 Å². The summed E-state index contributed by atoms with van der Waals surface area (Å²) in [4.78, 5) is 0. The highest BCUT2D eigenvalue weighted by molar-refractivity contribution is 5.45.